The van der Waals surface area contributed by atoms with Gasteiger partial charge >= 0.3 is 5.97 Å². The predicted molar refractivity (Wildman–Crippen MR) is 71.6 cm³/mol. The highest BCUT2D eigenvalue weighted by atomic mass is 16.4. The fourth-order valence-corrected chi connectivity index (χ4v) is 2.01. The number of aromatic nitrogens is 3. The third-order valence-corrected chi connectivity index (χ3v) is 3.02. The van der Waals surface area contributed by atoms with Gasteiger partial charge in [-0.3, -0.25) is 4.79 Å². The molecule has 0 aromatic carbocycles. The summed E-state index contributed by atoms with van der Waals surface area (Å²) in [6.45, 7) is 3.49. The van der Waals surface area contributed by atoms with Gasteiger partial charge in [-0.15, -0.1) is 5.10 Å². The maximum atomic E-state index is 12.0. The first-order valence-corrected chi connectivity index (χ1v) is 6.51. The summed E-state index contributed by atoms with van der Waals surface area (Å²) in [6.07, 6.45) is 1.96. The molecule has 2 N–H and O–H groups in total. The smallest absolute Gasteiger partial charge is 0.358 e. The second-order valence-corrected chi connectivity index (χ2v) is 4.51. The average Bonchev–Trinajstić information content (AvgIpc) is 3.07. The third kappa shape index (κ3) is 3.28. The number of aromatic carboxylic acids is 1. The van der Waals surface area contributed by atoms with Crippen LogP contribution in [0.2, 0.25) is 0 Å². The predicted octanol–water partition coefficient (Wildman–Crippen LogP) is 1.01. The van der Waals surface area contributed by atoms with Gasteiger partial charge in [0.15, 0.2) is 5.69 Å². The number of carbonyl (C=O) groups excluding carboxylic acids is 1. The first-order valence-electron chi connectivity index (χ1n) is 6.51. The maximum Gasteiger partial charge on any atom is 0.358 e. The molecule has 1 atom stereocenters. The Morgan fingerprint density at radius 3 is 2.86 bits per heavy atom. The van der Waals surface area contributed by atoms with Gasteiger partial charge in [-0.05, 0) is 25.5 Å². The van der Waals surface area contributed by atoms with Crippen molar-refractivity contribution in [1.29, 1.82) is 0 Å². The summed E-state index contributed by atoms with van der Waals surface area (Å²) in [5.74, 6) is -0.804. The molecule has 0 spiro atoms. The molecule has 2 aromatic heterocycles. The van der Waals surface area contributed by atoms with Crippen molar-refractivity contribution in [3.8, 4) is 0 Å². The minimum atomic E-state index is -1.15. The molecule has 8 nitrogen and oxygen atoms in total. The Kier molecular flexibility index (Phi) is 4.36. The minimum absolute atomic E-state index is 0.0888. The lowest BCUT2D eigenvalue weighted by atomic mass is 10.2. The molecule has 2 aromatic rings. The molecular formula is C13H16N4O4. The number of nitrogens with one attached hydrogen (secondary N) is 1. The highest BCUT2D eigenvalue weighted by molar-refractivity contribution is 5.86. The second-order valence-electron chi connectivity index (χ2n) is 4.51. The zero-order valence-corrected chi connectivity index (χ0v) is 11.7. The van der Waals surface area contributed by atoms with E-state index in [1.807, 2.05) is 0 Å². The van der Waals surface area contributed by atoms with Gasteiger partial charge in [0.2, 0.25) is 5.91 Å². The number of rotatable bonds is 6. The average molecular weight is 292 g/mol. The van der Waals surface area contributed by atoms with E-state index in [-0.39, 0.29) is 24.2 Å². The quantitative estimate of drug-likeness (QED) is 0.822. The summed E-state index contributed by atoms with van der Waals surface area (Å²) in [6, 6.07) is 3.23. The van der Waals surface area contributed by atoms with Gasteiger partial charge in [0, 0.05) is 0 Å². The molecule has 2 rings (SSSR count). The lowest BCUT2D eigenvalue weighted by molar-refractivity contribution is -0.122. The standard InChI is InChI=1S/C13H16N4O4/c1-3-9-12(13(19)20)15-16-17(9)7-11(18)14-8(2)10-5-4-6-21-10/h4-6,8H,3,7H2,1-2H3,(H,14,18)(H,19,20). The van der Waals surface area contributed by atoms with Gasteiger partial charge in [0.25, 0.3) is 0 Å². The van der Waals surface area contributed by atoms with E-state index in [1.165, 1.54) is 10.9 Å². The van der Waals surface area contributed by atoms with Gasteiger partial charge in [0.05, 0.1) is 18.0 Å². The first kappa shape index (κ1) is 14.8. The van der Waals surface area contributed by atoms with Gasteiger partial charge in [-0.25, -0.2) is 9.48 Å². The van der Waals surface area contributed by atoms with Crippen LogP contribution in [0.15, 0.2) is 22.8 Å². The Balaban J connectivity index is 2.04. The number of amides is 1. The zero-order valence-electron chi connectivity index (χ0n) is 11.7. The largest absolute Gasteiger partial charge is 0.476 e. The monoisotopic (exact) mass is 292 g/mol. The molecule has 0 aliphatic heterocycles. The van der Waals surface area contributed by atoms with Crippen LogP contribution in [0.5, 0.6) is 0 Å². The zero-order chi connectivity index (χ0) is 15.4. The highest BCUT2D eigenvalue weighted by Gasteiger charge is 2.19. The van der Waals surface area contributed by atoms with Gasteiger partial charge in [0.1, 0.15) is 12.3 Å². The van der Waals surface area contributed by atoms with Crippen LogP contribution < -0.4 is 5.32 Å². The van der Waals surface area contributed by atoms with Crippen molar-refractivity contribution in [2.45, 2.75) is 32.9 Å². The van der Waals surface area contributed by atoms with Gasteiger partial charge < -0.3 is 14.8 Å². The molecule has 0 radical (unpaired) electrons. The normalized spacial score (nSPS) is 12.1. The Morgan fingerprint density at radius 2 is 2.29 bits per heavy atom. The Bertz CT molecular complexity index is 633. The van der Waals surface area contributed by atoms with Crippen molar-refractivity contribution >= 4 is 11.9 Å². The molecule has 0 bridgehead atoms. The summed E-state index contributed by atoms with van der Waals surface area (Å²) in [5.41, 5.74) is 0.299. The molecule has 0 aliphatic carbocycles. The maximum absolute atomic E-state index is 12.0. The van der Waals surface area contributed by atoms with Crippen molar-refractivity contribution in [2.24, 2.45) is 0 Å². The number of carbonyl (C=O) groups is 2. The van der Waals surface area contributed by atoms with Crippen molar-refractivity contribution in [3.63, 3.8) is 0 Å². The summed E-state index contributed by atoms with van der Waals surface area (Å²) in [5, 5.41) is 19.0. The molecule has 8 heteroatoms. The van der Waals surface area contributed by atoms with E-state index in [1.54, 1.807) is 26.0 Å². The molecule has 1 unspecified atom stereocenters. The summed E-state index contributed by atoms with van der Waals surface area (Å²) in [7, 11) is 0. The Hall–Kier alpha value is -2.64. The third-order valence-electron chi connectivity index (χ3n) is 3.02. The van der Waals surface area contributed by atoms with Crippen LogP contribution in [0.3, 0.4) is 0 Å². The number of hydrogen-bond donors (Lipinski definition) is 2. The van der Waals surface area contributed by atoms with Crippen molar-refractivity contribution in [2.75, 3.05) is 0 Å². The van der Waals surface area contributed by atoms with Crippen LogP contribution in [0.4, 0.5) is 0 Å². The van der Waals surface area contributed by atoms with E-state index in [2.05, 4.69) is 15.6 Å². The van der Waals surface area contributed by atoms with Crippen LogP contribution in [-0.2, 0) is 17.8 Å². The van der Waals surface area contributed by atoms with Crippen molar-refractivity contribution < 1.29 is 19.1 Å². The van der Waals surface area contributed by atoms with Crippen molar-refractivity contribution in [3.05, 3.63) is 35.5 Å². The van der Waals surface area contributed by atoms with Crippen LogP contribution in [0.25, 0.3) is 0 Å². The fourth-order valence-electron chi connectivity index (χ4n) is 2.01. The number of nitrogens with zero attached hydrogens (tertiary/aromatic N) is 3. The molecule has 0 saturated carbocycles. The summed E-state index contributed by atoms with van der Waals surface area (Å²) < 4.78 is 6.50. The number of carboxylic acids is 1. The van der Waals surface area contributed by atoms with Crippen LogP contribution in [0, 0.1) is 0 Å². The molecule has 0 aliphatic rings. The van der Waals surface area contributed by atoms with E-state index < -0.39 is 5.97 Å². The van der Waals surface area contributed by atoms with Crippen LogP contribution >= 0.6 is 0 Å². The van der Waals surface area contributed by atoms with Crippen molar-refractivity contribution in [1.82, 2.24) is 20.3 Å². The Morgan fingerprint density at radius 1 is 1.52 bits per heavy atom. The topological polar surface area (TPSA) is 110 Å². The summed E-state index contributed by atoms with van der Waals surface area (Å²) >= 11 is 0. The van der Waals surface area contributed by atoms with E-state index >= 15 is 0 Å². The van der Waals surface area contributed by atoms with E-state index in [0.717, 1.165) is 0 Å². The lowest BCUT2D eigenvalue weighted by Gasteiger charge is -2.12. The van der Waals surface area contributed by atoms with Crippen LogP contribution in [-0.4, -0.2) is 32.0 Å². The molecule has 2 heterocycles. The number of hydrogen-bond acceptors (Lipinski definition) is 5. The summed E-state index contributed by atoms with van der Waals surface area (Å²) in [4.78, 5) is 23.0. The SMILES string of the molecule is CCc1c(C(=O)O)nnn1CC(=O)NC(C)c1ccco1. The molecule has 0 saturated heterocycles. The second kappa shape index (κ2) is 6.21. The lowest BCUT2D eigenvalue weighted by Crippen LogP contribution is -2.30. The van der Waals surface area contributed by atoms with E-state index in [4.69, 9.17) is 9.52 Å². The minimum Gasteiger partial charge on any atom is -0.476 e. The number of carboxylic acid groups (broad SMARTS) is 1. The Labute approximate surface area is 120 Å². The molecule has 112 valence electrons. The van der Waals surface area contributed by atoms with E-state index in [0.29, 0.717) is 17.9 Å². The first-order chi connectivity index (χ1) is 10.0. The number of furan rings is 1. The van der Waals surface area contributed by atoms with E-state index in [9.17, 15) is 9.59 Å². The molecular weight excluding hydrogens is 276 g/mol. The van der Waals surface area contributed by atoms with Crippen LogP contribution in [0.1, 0.15) is 41.8 Å². The molecule has 0 fully saturated rings. The molecule has 1 amide bonds. The fraction of sp³-hybridized carbons (Fsp3) is 0.385. The highest BCUT2D eigenvalue weighted by Crippen LogP contribution is 2.12. The van der Waals surface area contributed by atoms with Gasteiger partial charge in [-0.1, -0.05) is 12.1 Å². The van der Waals surface area contributed by atoms with Gasteiger partial charge in [-0.2, -0.15) is 0 Å². The molecule has 21 heavy (non-hydrogen) atoms.